The Kier molecular flexibility index (Phi) is 3.77. The third-order valence-electron chi connectivity index (χ3n) is 3.47. The zero-order valence-corrected chi connectivity index (χ0v) is 12.1. The quantitative estimate of drug-likeness (QED) is 0.744. The van der Waals surface area contributed by atoms with Gasteiger partial charge >= 0.3 is 0 Å². The largest absolute Gasteiger partial charge is 0.306 e. The number of halogens is 3. The Hall–Kier alpha value is -2.83. The molecule has 0 saturated heterocycles. The van der Waals surface area contributed by atoms with Crippen LogP contribution in [0.15, 0.2) is 47.5 Å². The molecule has 23 heavy (non-hydrogen) atoms. The molecule has 0 saturated carbocycles. The Morgan fingerprint density at radius 1 is 1.13 bits per heavy atom. The summed E-state index contributed by atoms with van der Waals surface area (Å²) in [7, 11) is 0. The SMILES string of the molecule is CCn1c(-c2c(F)cc(F)cc2F)c(-n2cccn2)ccc1=O. The summed E-state index contributed by atoms with van der Waals surface area (Å²) in [4.78, 5) is 12.1. The van der Waals surface area contributed by atoms with Crippen molar-refractivity contribution in [3.8, 4) is 16.9 Å². The molecule has 0 aliphatic rings. The molecule has 1 aromatic carbocycles. The van der Waals surface area contributed by atoms with Gasteiger partial charge in [-0.05, 0) is 19.1 Å². The summed E-state index contributed by atoms with van der Waals surface area (Å²) in [6.07, 6.45) is 3.09. The number of hydrogen-bond acceptors (Lipinski definition) is 2. The first-order valence-electron chi connectivity index (χ1n) is 6.91. The molecule has 0 aliphatic heterocycles. The van der Waals surface area contributed by atoms with E-state index in [0.717, 1.165) is 0 Å². The van der Waals surface area contributed by atoms with E-state index in [1.165, 1.54) is 27.6 Å². The highest BCUT2D eigenvalue weighted by molar-refractivity contribution is 5.70. The van der Waals surface area contributed by atoms with E-state index in [0.29, 0.717) is 17.8 Å². The highest BCUT2D eigenvalue weighted by atomic mass is 19.1. The molecule has 0 N–H and O–H groups in total. The number of benzene rings is 1. The van der Waals surface area contributed by atoms with Gasteiger partial charge in [0.2, 0.25) is 0 Å². The molecule has 2 heterocycles. The maximum absolute atomic E-state index is 14.2. The van der Waals surface area contributed by atoms with Crippen molar-refractivity contribution in [3.05, 3.63) is 70.5 Å². The lowest BCUT2D eigenvalue weighted by Gasteiger charge is -2.17. The van der Waals surface area contributed by atoms with E-state index < -0.39 is 28.6 Å². The van der Waals surface area contributed by atoms with Crippen molar-refractivity contribution in [2.24, 2.45) is 0 Å². The zero-order valence-electron chi connectivity index (χ0n) is 12.1. The molecule has 118 valence electrons. The van der Waals surface area contributed by atoms with E-state index in [1.807, 2.05) is 0 Å². The van der Waals surface area contributed by atoms with Crippen LogP contribution < -0.4 is 5.56 Å². The summed E-state index contributed by atoms with van der Waals surface area (Å²) in [5, 5.41) is 4.04. The van der Waals surface area contributed by atoms with E-state index in [4.69, 9.17) is 0 Å². The predicted molar refractivity (Wildman–Crippen MR) is 78.8 cm³/mol. The monoisotopic (exact) mass is 319 g/mol. The van der Waals surface area contributed by atoms with Gasteiger partial charge in [0, 0.05) is 37.1 Å². The average Bonchev–Trinajstić information content (AvgIpc) is 3.00. The van der Waals surface area contributed by atoms with Crippen molar-refractivity contribution in [2.75, 3.05) is 0 Å². The Morgan fingerprint density at radius 3 is 2.39 bits per heavy atom. The van der Waals surface area contributed by atoms with Crippen LogP contribution in [0.25, 0.3) is 16.9 Å². The van der Waals surface area contributed by atoms with Gasteiger partial charge in [-0.3, -0.25) is 4.79 Å². The highest BCUT2D eigenvalue weighted by Crippen LogP contribution is 2.30. The van der Waals surface area contributed by atoms with Crippen molar-refractivity contribution in [2.45, 2.75) is 13.5 Å². The minimum atomic E-state index is -1.08. The lowest BCUT2D eigenvalue weighted by atomic mass is 10.1. The first-order valence-corrected chi connectivity index (χ1v) is 6.91. The van der Waals surface area contributed by atoms with Gasteiger partial charge in [0.25, 0.3) is 5.56 Å². The van der Waals surface area contributed by atoms with E-state index in [-0.39, 0.29) is 12.2 Å². The summed E-state index contributed by atoms with van der Waals surface area (Å²) < 4.78 is 44.3. The topological polar surface area (TPSA) is 39.8 Å². The van der Waals surface area contributed by atoms with Crippen LogP contribution in [0.5, 0.6) is 0 Å². The molecule has 7 heteroatoms. The fourth-order valence-electron chi connectivity index (χ4n) is 2.51. The second-order valence-electron chi connectivity index (χ2n) is 4.84. The molecule has 0 bridgehead atoms. The number of nitrogens with zero attached hydrogens (tertiary/aromatic N) is 3. The number of hydrogen-bond donors (Lipinski definition) is 0. The van der Waals surface area contributed by atoms with Crippen LogP contribution in [0.3, 0.4) is 0 Å². The Labute approximate surface area is 129 Å². The first kappa shape index (κ1) is 15.1. The molecule has 3 rings (SSSR count). The molecule has 0 amide bonds. The molecule has 0 radical (unpaired) electrons. The van der Waals surface area contributed by atoms with Gasteiger partial charge in [-0.25, -0.2) is 17.9 Å². The molecule has 0 unspecified atom stereocenters. The van der Waals surface area contributed by atoms with Gasteiger partial charge in [-0.2, -0.15) is 5.10 Å². The van der Waals surface area contributed by atoms with Crippen molar-refractivity contribution in [1.82, 2.24) is 14.3 Å². The smallest absolute Gasteiger partial charge is 0.251 e. The van der Waals surface area contributed by atoms with Crippen molar-refractivity contribution in [1.29, 1.82) is 0 Å². The minimum Gasteiger partial charge on any atom is -0.306 e. The van der Waals surface area contributed by atoms with Crippen LogP contribution in [0.1, 0.15) is 6.92 Å². The Morgan fingerprint density at radius 2 is 1.83 bits per heavy atom. The molecule has 0 fully saturated rings. The molecule has 4 nitrogen and oxygen atoms in total. The maximum atomic E-state index is 14.2. The van der Waals surface area contributed by atoms with Gasteiger partial charge < -0.3 is 4.57 Å². The molecule has 0 aliphatic carbocycles. The molecule has 3 aromatic rings. The molecule has 0 spiro atoms. The fourth-order valence-corrected chi connectivity index (χ4v) is 2.51. The molecule has 2 aromatic heterocycles. The number of aromatic nitrogens is 3. The van der Waals surface area contributed by atoms with E-state index >= 15 is 0 Å². The van der Waals surface area contributed by atoms with Crippen LogP contribution in [0, 0.1) is 17.5 Å². The van der Waals surface area contributed by atoms with E-state index in [1.54, 1.807) is 19.2 Å². The van der Waals surface area contributed by atoms with Crippen LogP contribution in [0.2, 0.25) is 0 Å². The summed E-state index contributed by atoms with van der Waals surface area (Å²) in [6.45, 7) is 1.87. The summed E-state index contributed by atoms with van der Waals surface area (Å²) >= 11 is 0. The third-order valence-corrected chi connectivity index (χ3v) is 3.47. The van der Waals surface area contributed by atoms with Crippen molar-refractivity contribution in [3.63, 3.8) is 0 Å². The van der Waals surface area contributed by atoms with Gasteiger partial charge in [-0.15, -0.1) is 0 Å². The van der Waals surface area contributed by atoms with Crippen molar-refractivity contribution < 1.29 is 13.2 Å². The van der Waals surface area contributed by atoms with Crippen LogP contribution in [-0.2, 0) is 6.54 Å². The second-order valence-corrected chi connectivity index (χ2v) is 4.84. The normalized spacial score (nSPS) is 11.0. The van der Waals surface area contributed by atoms with Gasteiger partial charge in [0.15, 0.2) is 0 Å². The minimum absolute atomic E-state index is 0.0127. The summed E-state index contributed by atoms with van der Waals surface area (Å²) in [6, 6.07) is 5.54. The lowest BCUT2D eigenvalue weighted by Crippen LogP contribution is -2.22. The Bertz CT molecular complexity index is 894. The molecular weight excluding hydrogens is 307 g/mol. The maximum Gasteiger partial charge on any atom is 0.251 e. The Balaban J connectivity index is 2.43. The van der Waals surface area contributed by atoms with E-state index in [2.05, 4.69) is 5.10 Å². The zero-order chi connectivity index (χ0) is 16.6. The van der Waals surface area contributed by atoms with Crippen LogP contribution in [0.4, 0.5) is 13.2 Å². The number of pyridine rings is 1. The second kappa shape index (κ2) is 5.75. The fraction of sp³-hybridized carbons (Fsp3) is 0.125. The standard InChI is InChI=1S/C16H12F3N3O/c1-2-21-14(23)5-4-13(22-7-3-6-20-22)16(21)15-11(18)8-10(17)9-12(15)19/h3-9H,2H2,1H3. The molecule has 0 atom stereocenters. The molecular formula is C16H12F3N3O. The van der Waals surface area contributed by atoms with Crippen LogP contribution in [-0.4, -0.2) is 14.3 Å². The van der Waals surface area contributed by atoms with E-state index in [9.17, 15) is 18.0 Å². The summed E-state index contributed by atoms with van der Waals surface area (Å²) in [5.74, 6) is -3.18. The summed E-state index contributed by atoms with van der Waals surface area (Å²) in [5.41, 5.74) is -0.544. The first-order chi connectivity index (χ1) is 11.0. The third kappa shape index (κ3) is 2.54. The van der Waals surface area contributed by atoms with Crippen molar-refractivity contribution >= 4 is 0 Å². The van der Waals surface area contributed by atoms with Crippen LogP contribution >= 0.6 is 0 Å². The van der Waals surface area contributed by atoms with Gasteiger partial charge in [0.1, 0.15) is 17.5 Å². The average molecular weight is 319 g/mol. The predicted octanol–water partition coefficient (Wildman–Crippen LogP) is 3.14. The highest BCUT2D eigenvalue weighted by Gasteiger charge is 2.21. The van der Waals surface area contributed by atoms with Gasteiger partial charge in [-0.1, -0.05) is 0 Å². The lowest BCUT2D eigenvalue weighted by molar-refractivity contribution is 0.544. The number of rotatable bonds is 3. The van der Waals surface area contributed by atoms with Gasteiger partial charge in [0.05, 0.1) is 16.9 Å².